The van der Waals surface area contributed by atoms with Gasteiger partial charge in [-0.1, -0.05) is 6.92 Å². The highest BCUT2D eigenvalue weighted by Gasteiger charge is 2.15. The molecule has 0 unspecified atom stereocenters. The molecule has 0 bridgehead atoms. The molecular weight excluding hydrogens is 269 g/mol. The maximum absolute atomic E-state index is 13.0. The summed E-state index contributed by atoms with van der Waals surface area (Å²) in [6.07, 6.45) is 1.77. The van der Waals surface area contributed by atoms with Crippen LogP contribution < -0.4 is 5.32 Å². The van der Waals surface area contributed by atoms with Gasteiger partial charge in [0.15, 0.2) is 5.13 Å². The second kappa shape index (κ2) is 5.31. The Labute approximate surface area is 113 Å². The molecule has 0 radical (unpaired) electrons. The lowest BCUT2D eigenvalue weighted by atomic mass is 10.2. The summed E-state index contributed by atoms with van der Waals surface area (Å²) in [6, 6.07) is 0.929. The Kier molecular flexibility index (Phi) is 3.75. The van der Waals surface area contributed by atoms with Gasteiger partial charge in [-0.3, -0.25) is 0 Å². The standard InChI is InChI=1S/C12H12FN3O2S/c1-3-9-6(2)19-12(15-9)16-10-8(11(17)18)4-7(13)5-14-10/h4-5H,3H2,1-2H3,(H,17,18)(H,14,15,16). The fraction of sp³-hybridized carbons (Fsp3) is 0.250. The van der Waals surface area contributed by atoms with Crippen LogP contribution in [0, 0.1) is 12.7 Å². The van der Waals surface area contributed by atoms with Crippen LogP contribution in [0.15, 0.2) is 12.3 Å². The zero-order chi connectivity index (χ0) is 14.0. The quantitative estimate of drug-likeness (QED) is 0.901. The summed E-state index contributed by atoms with van der Waals surface area (Å²) in [5.74, 6) is -1.84. The second-order valence-corrected chi connectivity index (χ2v) is 5.06. The van der Waals surface area contributed by atoms with E-state index >= 15 is 0 Å². The van der Waals surface area contributed by atoms with E-state index in [9.17, 15) is 9.18 Å². The van der Waals surface area contributed by atoms with Crippen molar-refractivity contribution in [1.82, 2.24) is 9.97 Å². The van der Waals surface area contributed by atoms with Gasteiger partial charge in [0.1, 0.15) is 17.2 Å². The number of carbonyl (C=O) groups is 1. The number of aromatic carboxylic acids is 1. The number of thiazole rings is 1. The van der Waals surface area contributed by atoms with E-state index in [-0.39, 0.29) is 11.4 Å². The van der Waals surface area contributed by atoms with Gasteiger partial charge in [0, 0.05) is 4.88 Å². The molecule has 19 heavy (non-hydrogen) atoms. The van der Waals surface area contributed by atoms with Gasteiger partial charge in [-0.2, -0.15) is 0 Å². The Hall–Kier alpha value is -2.02. The number of carboxylic acids is 1. The summed E-state index contributed by atoms with van der Waals surface area (Å²) < 4.78 is 13.0. The molecule has 0 fully saturated rings. The highest BCUT2D eigenvalue weighted by molar-refractivity contribution is 7.15. The van der Waals surface area contributed by atoms with E-state index in [1.165, 1.54) is 11.3 Å². The van der Waals surface area contributed by atoms with Crippen LogP contribution in [0.25, 0.3) is 0 Å². The minimum Gasteiger partial charge on any atom is -0.478 e. The first-order valence-corrected chi connectivity index (χ1v) is 6.45. The molecule has 0 saturated heterocycles. The van der Waals surface area contributed by atoms with Crippen LogP contribution in [0.2, 0.25) is 0 Å². The van der Waals surface area contributed by atoms with Gasteiger partial charge in [-0.15, -0.1) is 11.3 Å². The number of nitrogens with one attached hydrogen (secondary N) is 1. The fourth-order valence-corrected chi connectivity index (χ4v) is 2.51. The van der Waals surface area contributed by atoms with E-state index in [1.807, 2.05) is 13.8 Å². The number of aromatic nitrogens is 2. The number of halogens is 1. The lowest BCUT2D eigenvalue weighted by Gasteiger charge is -2.05. The SMILES string of the molecule is CCc1nc(Nc2ncc(F)cc2C(=O)O)sc1C. The average molecular weight is 281 g/mol. The monoisotopic (exact) mass is 281 g/mol. The van der Waals surface area contributed by atoms with Crippen molar-refractivity contribution in [2.75, 3.05) is 5.32 Å². The number of rotatable bonds is 4. The lowest BCUT2D eigenvalue weighted by molar-refractivity contribution is 0.0697. The molecule has 0 spiro atoms. The molecule has 0 aliphatic rings. The third-order valence-electron chi connectivity index (χ3n) is 2.54. The Morgan fingerprint density at radius 1 is 1.58 bits per heavy atom. The first-order valence-electron chi connectivity index (χ1n) is 5.63. The minimum absolute atomic E-state index is 0.0882. The predicted octanol–water partition coefficient (Wildman–Crippen LogP) is 2.99. The van der Waals surface area contributed by atoms with Crippen LogP contribution >= 0.6 is 11.3 Å². The highest BCUT2D eigenvalue weighted by Crippen LogP contribution is 2.26. The van der Waals surface area contributed by atoms with E-state index < -0.39 is 11.8 Å². The number of hydrogen-bond donors (Lipinski definition) is 2. The zero-order valence-electron chi connectivity index (χ0n) is 10.4. The third kappa shape index (κ3) is 2.87. The van der Waals surface area contributed by atoms with E-state index in [0.717, 1.165) is 29.3 Å². The topological polar surface area (TPSA) is 75.1 Å². The van der Waals surface area contributed by atoms with E-state index in [0.29, 0.717) is 5.13 Å². The van der Waals surface area contributed by atoms with Crippen molar-refractivity contribution >= 4 is 28.3 Å². The van der Waals surface area contributed by atoms with E-state index in [1.54, 1.807) is 0 Å². The Morgan fingerprint density at radius 3 is 2.89 bits per heavy atom. The zero-order valence-corrected chi connectivity index (χ0v) is 11.2. The van der Waals surface area contributed by atoms with Gasteiger partial charge < -0.3 is 10.4 Å². The van der Waals surface area contributed by atoms with Crippen LogP contribution in [-0.4, -0.2) is 21.0 Å². The molecular formula is C12H12FN3O2S. The summed E-state index contributed by atoms with van der Waals surface area (Å²) in [5.41, 5.74) is 0.734. The fourth-order valence-electron chi connectivity index (χ4n) is 1.61. The number of carboxylic acid groups (broad SMARTS) is 1. The number of pyridine rings is 1. The Morgan fingerprint density at radius 2 is 2.32 bits per heavy atom. The molecule has 0 saturated carbocycles. The molecule has 100 valence electrons. The summed E-state index contributed by atoms with van der Waals surface area (Å²) in [5, 5.41) is 12.4. The van der Waals surface area contributed by atoms with Crippen molar-refractivity contribution in [3.05, 3.63) is 34.2 Å². The molecule has 7 heteroatoms. The molecule has 2 aromatic rings. The van der Waals surface area contributed by atoms with E-state index in [4.69, 9.17) is 5.11 Å². The average Bonchev–Trinajstić information content (AvgIpc) is 2.71. The van der Waals surface area contributed by atoms with Gasteiger partial charge in [-0.25, -0.2) is 19.2 Å². The van der Waals surface area contributed by atoms with Crippen molar-refractivity contribution in [2.45, 2.75) is 20.3 Å². The molecule has 2 aromatic heterocycles. The second-order valence-electron chi connectivity index (χ2n) is 3.86. The molecule has 0 amide bonds. The summed E-state index contributed by atoms with van der Waals surface area (Å²) in [4.78, 5) is 20.2. The van der Waals surface area contributed by atoms with Crippen molar-refractivity contribution < 1.29 is 14.3 Å². The van der Waals surface area contributed by atoms with Crippen LogP contribution in [0.1, 0.15) is 27.9 Å². The van der Waals surface area contributed by atoms with Gasteiger partial charge >= 0.3 is 5.97 Å². The molecule has 0 aromatic carbocycles. The maximum Gasteiger partial charge on any atom is 0.339 e. The van der Waals surface area contributed by atoms with Gasteiger partial charge in [-0.05, 0) is 19.4 Å². The smallest absolute Gasteiger partial charge is 0.339 e. The number of anilines is 2. The van der Waals surface area contributed by atoms with Crippen molar-refractivity contribution in [3.63, 3.8) is 0 Å². The Balaban J connectivity index is 2.34. The van der Waals surface area contributed by atoms with Crippen molar-refractivity contribution in [1.29, 1.82) is 0 Å². The molecule has 0 aliphatic heterocycles. The lowest BCUT2D eigenvalue weighted by Crippen LogP contribution is -2.05. The molecule has 2 N–H and O–H groups in total. The molecule has 2 heterocycles. The third-order valence-corrected chi connectivity index (χ3v) is 3.47. The summed E-state index contributed by atoms with van der Waals surface area (Å²) >= 11 is 1.41. The predicted molar refractivity (Wildman–Crippen MR) is 70.7 cm³/mol. The van der Waals surface area contributed by atoms with Crippen LogP contribution in [0.3, 0.4) is 0 Å². The summed E-state index contributed by atoms with van der Waals surface area (Å²) in [6.45, 7) is 3.93. The van der Waals surface area contributed by atoms with Crippen LogP contribution in [0.5, 0.6) is 0 Å². The largest absolute Gasteiger partial charge is 0.478 e. The Bertz CT molecular complexity index is 627. The summed E-state index contributed by atoms with van der Waals surface area (Å²) in [7, 11) is 0. The highest BCUT2D eigenvalue weighted by atomic mass is 32.1. The number of aryl methyl sites for hydroxylation is 2. The number of hydrogen-bond acceptors (Lipinski definition) is 5. The van der Waals surface area contributed by atoms with Crippen LogP contribution in [0.4, 0.5) is 15.3 Å². The molecule has 5 nitrogen and oxygen atoms in total. The van der Waals surface area contributed by atoms with Gasteiger partial charge in [0.05, 0.1) is 11.9 Å². The number of nitrogens with zero attached hydrogens (tertiary/aromatic N) is 2. The van der Waals surface area contributed by atoms with Gasteiger partial charge in [0.2, 0.25) is 0 Å². The normalized spacial score (nSPS) is 10.5. The minimum atomic E-state index is -1.24. The maximum atomic E-state index is 13.0. The van der Waals surface area contributed by atoms with Crippen molar-refractivity contribution in [3.8, 4) is 0 Å². The first kappa shape index (κ1) is 13.4. The van der Waals surface area contributed by atoms with E-state index in [2.05, 4.69) is 15.3 Å². The van der Waals surface area contributed by atoms with Crippen molar-refractivity contribution in [2.24, 2.45) is 0 Å². The molecule has 2 rings (SSSR count). The molecule has 0 atom stereocenters. The van der Waals surface area contributed by atoms with Crippen LogP contribution in [-0.2, 0) is 6.42 Å². The first-order chi connectivity index (χ1) is 9.01. The molecule has 0 aliphatic carbocycles. The van der Waals surface area contributed by atoms with Gasteiger partial charge in [0.25, 0.3) is 0 Å².